The minimum absolute atomic E-state index is 0.00339. The number of aromatic nitrogens is 2. The minimum Gasteiger partial charge on any atom is -0.333 e. The van der Waals surface area contributed by atoms with Gasteiger partial charge in [-0.2, -0.15) is 5.10 Å². The third-order valence-corrected chi connectivity index (χ3v) is 5.48. The van der Waals surface area contributed by atoms with Crippen molar-refractivity contribution < 1.29 is 9.18 Å². The average Bonchev–Trinajstić information content (AvgIpc) is 3.35. The van der Waals surface area contributed by atoms with Crippen LogP contribution in [0, 0.1) is 5.82 Å². The zero-order chi connectivity index (χ0) is 17.4. The molecule has 132 valence electrons. The highest BCUT2D eigenvalue weighted by Gasteiger charge is 2.39. The second-order valence-electron chi connectivity index (χ2n) is 7.02. The molecule has 1 amide bonds. The Bertz CT molecular complexity index is 757. The Hall–Kier alpha value is -2.21. The molecule has 0 radical (unpaired) electrons. The lowest BCUT2D eigenvalue weighted by molar-refractivity contribution is 0.0658. The van der Waals surface area contributed by atoms with Gasteiger partial charge in [-0.1, -0.05) is 0 Å². The van der Waals surface area contributed by atoms with Crippen molar-refractivity contribution in [3.05, 3.63) is 48.0 Å². The number of carbonyl (C=O) groups excluding carboxylic acids is 1. The second kappa shape index (κ2) is 6.59. The zero-order valence-corrected chi connectivity index (χ0v) is 14.4. The molecule has 0 N–H and O–H groups in total. The van der Waals surface area contributed by atoms with Gasteiger partial charge in [0.25, 0.3) is 5.91 Å². The van der Waals surface area contributed by atoms with Crippen molar-refractivity contribution in [2.24, 2.45) is 0 Å². The first-order chi connectivity index (χ1) is 12.1. The molecule has 1 aromatic heterocycles. The summed E-state index contributed by atoms with van der Waals surface area (Å²) < 4.78 is 14.7. The van der Waals surface area contributed by atoms with Crippen LogP contribution in [-0.4, -0.2) is 57.7 Å². The van der Waals surface area contributed by atoms with Gasteiger partial charge in [0.1, 0.15) is 5.82 Å². The van der Waals surface area contributed by atoms with E-state index in [-0.39, 0.29) is 17.8 Å². The van der Waals surface area contributed by atoms with Gasteiger partial charge >= 0.3 is 0 Å². The molecule has 0 saturated carbocycles. The molecular weight excluding hydrogens is 319 g/mol. The summed E-state index contributed by atoms with van der Waals surface area (Å²) in [5.74, 6) is -0.281. The fourth-order valence-corrected chi connectivity index (χ4v) is 4.19. The van der Waals surface area contributed by atoms with E-state index in [0.717, 1.165) is 38.0 Å². The van der Waals surface area contributed by atoms with E-state index in [9.17, 15) is 9.18 Å². The molecule has 25 heavy (non-hydrogen) atoms. The number of likely N-dealkylation sites (N-methyl/N-ethyl adjacent to an activating group) is 1. The van der Waals surface area contributed by atoms with Crippen molar-refractivity contribution in [3.63, 3.8) is 0 Å². The minimum atomic E-state index is -0.284. The number of benzene rings is 1. The summed E-state index contributed by atoms with van der Waals surface area (Å²) in [6.07, 6.45) is 6.25. The molecule has 2 aromatic rings. The molecule has 0 bridgehead atoms. The standard InChI is InChI=1S/C19H23FN4O/c1-22-11-2-4-17(22)18-5-3-12-23(18)19(25)16-10-13-24(21-16)15-8-6-14(20)7-9-15/h6-10,13,17-18H,2-5,11-12H2,1H3/t17-,18+/m1/s1. The van der Waals surface area contributed by atoms with Crippen molar-refractivity contribution in [1.82, 2.24) is 19.6 Å². The Morgan fingerprint density at radius 3 is 2.52 bits per heavy atom. The van der Waals surface area contributed by atoms with Crippen LogP contribution in [0.2, 0.25) is 0 Å². The third-order valence-electron chi connectivity index (χ3n) is 5.48. The Morgan fingerprint density at radius 2 is 1.80 bits per heavy atom. The van der Waals surface area contributed by atoms with Crippen molar-refractivity contribution in [3.8, 4) is 5.69 Å². The molecule has 2 atom stereocenters. The molecule has 0 aliphatic carbocycles. The van der Waals surface area contributed by atoms with Gasteiger partial charge < -0.3 is 9.80 Å². The fraction of sp³-hybridized carbons (Fsp3) is 0.474. The lowest BCUT2D eigenvalue weighted by atomic mass is 10.0. The maximum absolute atomic E-state index is 13.1. The summed E-state index contributed by atoms with van der Waals surface area (Å²) in [5, 5.41) is 4.42. The normalized spacial score (nSPS) is 24.2. The van der Waals surface area contributed by atoms with Crippen molar-refractivity contribution in [2.45, 2.75) is 37.8 Å². The van der Waals surface area contributed by atoms with Gasteiger partial charge in [0, 0.05) is 24.8 Å². The highest BCUT2D eigenvalue weighted by Crippen LogP contribution is 2.30. The van der Waals surface area contributed by atoms with E-state index >= 15 is 0 Å². The first-order valence-electron chi connectivity index (χ1n) is 8.96. The van der Waals surface area contributed by atoms with E-state index in [4.69, 9.17) is 0 Å². The Balaban J connectivity index is 1.53. The van der Waals surface area contributed by atoms with Crippen molar-refractivity contribution in [2.75, 3.05) is 20.1 Å². The monoisotopic (exact) mass is 342 g/mol. The number of hydrogen-bond acceptors (Lipinski definition) is 3. The van der Waals surface area contributed by atoms with Gasteiger partial charge in [0.2, 0.25) is 0 Å². The molecule has 4 rings (SSSR count). The predicted octanol–water partition coefficient (Wildman–Crippen LogP) is 2.71. The van der Waals surface area contributed by atoms with Crippen LogP contribution in [0.25, 0.3) is 5.69 Å². The Labute approximate surface area is 147 Å². The number of hydrogen-bond donors (Lipinski definition) is 0. The predicted molar refractivity (Wildman–Crippen MR) is 93.2 cm³/mol. The van der Waals surface area contributed by atoms with Crippen molar-refractivity contribution >= 4 is 5.91 Å². The van der Waals surface area contributed by atoms with E-state index in [0.29, 0.717) is 11.7 Å². The highest BCUT2D eigenvalue weighted by molar-refractivity contribution is 5.92. The SMILES string of the molecule is CN1CCC[C@@H]1[C@@H]1CCCN1C(=O)c1ccn(-c2ccc(F)cc2)n1. The first-order valence-corrected chi connectivity index (χ1v) is 8.96. The maximum Gasteiger partial charge on any atom is 0.274 e. The van der Waals surface area contributed by atoms with E-state index in [1.54, 1.807) is 29.1 Å². The quantitative estimate of drug-likeness (QED) is 0.861. The van der Waals surface area contributed by atoms with Gasteiger partial charge in [0.15, 0.2) is 5.69 Å². The van der Waals surface area contributed by atoms with Crippen molar-refractivity contribution in [1.29, 1.82) is 0 Å². The largest absolute Gasteiger partial charge is 0.333 e. The van der Waals surface area contributed by atoms with E-state index in [1.165, 1.54) is 18.6 Å². The topological polar surface area (TPSA) is 41.4 Å². The molecule has 5 nitrogen and oxygen atoms in total. The summed E-state index contributed by atoms with van der Waals surface area (Å²) in [6.45, 7) is 1.92. The molecule has 1 aromatic carbocycles. The van der Waals surface area contributed by atoms with Crippen LogP contribution < -0.4 is 0 Å². The van der Waals surface area contributed by atoms with Gasteiger partial charge in [-0.05, 0) is 69.6 Å². The number of carbonyl (C=O) groups is 1. The molecule has 0 spiro atoms. The first kappa shape index (κ1) is 16.3. The summed E-state index contributed by atoms with van der Waals surface area (Å²) in [4.78, 5) is 17.4. The van der Waals surface area contributed by atoms with Gasteiger partial charge in [0.05, 0.1) is 5.69 Å². The Kier molecular flexibility index (Phi) is 4.29. The maximum atomic E-state index is 13.1. The molecule has 3 heterocycles. The third kappa shape index (κ3) is 3.06. The van der Waals surface area contributed by atoms with Crippen LogP contribution in [0.1, 0.15) is 36.2 Å². The number of likely N-dealkylation sites (tertiary alicyclic amines) is 2. The molecule has 6 heteroatoms. The van der Waals surface area contributed by atoms with Crippen LogP contribution in [0.5, 0.6) is 0 Å². The molecule has 2 saturated heterocycles. The van der Waals surface area contributed by atoms with Crippen LogP contribution in [0.3, 0.4) is 0 Å². The van der Waals surface area contributed by atoms with E-state index < -0.39 is 0 Å². The van der Waals surface area contributed by atoms with Crippen LogP contribution in [0.15, 0.2) is 36.5 Å². The van der Waals surface area contributed by atoms with E-state index in [2.05, 4.69) is 17.0 Å². The van der Waals surface area contributed by atoms with E-state index in [1.807, 2.05) is 4.90 Å². The second-order valence-corrected chi connectivity index (χ2v) is 7.02. The molecule has 2 aliphatic heterocycles. The van der Waals surface area contributed by atoms with Gasteiger partial charge in [-0.25, -0.2) is 9.07 Å². The zero-order valence-electron chi connectivity index (χ0n) is 14.4. The summed E-state index contributed by atoms with van der Waals surface area (Å²) in [5.41, 5.74) is 1.20. The lowest BCUT2D eigenvalue weighted by Gasteiger charge is -2.32. The van der Waals surface area contributed by atoms with Crippen LogP contribution >= 0.6 is 0 Å². The number of nitrogens with zero attached hydrogens (tertiary/aromatic N) is 4. The molecule has 0 unspecified atom stereocenters. The molecular formula is C19H23FN4O. The summed E-state index contributed by atoms with van der Waals surface area (Å²) in [6, 6.07) is 8.60. The summed E-state index contributed by atoms with van der Waals surface area (Å²) in [7, 11) is 2.15. The average molecular weight is 342 g/mol. The lowest BCUT2D eigenvalue weighted by Crippen LogP contribution is -2.47. The van der Waals surface area contributed by atoms with Gasteiger partial charge in [-0.15, -0.1) is 0 Å². The van der Waals surface area contributed by atoms with Crippen LogP contribution in [-0.2, 0) is 0 Å². The number of halogens is 1. The molecule has 2 fully saturated rings. The van der Waals surface area contributed by atoms with Gasteiger partial charge in [-0.3, -0.25) is 4.79 Å². The number of amides is 1. The Morgan fingerprint density at radius 1 is 1.08 bits per heavy atom. The van der Waals surface area contributed by atoms with Crippen LogP contribution in [0.4, 0.5) is 4.39 Å². The summed E-state index contributed by atoms with van der Waals surface area (Å²) >= 11 is 0. The fourth-order valence-electron chi connectivity index (χ4n) is 4.19. The smallest absolute Gasteiger partial charge is 0.274 e. The number of rotatable bonds is 3. The highest BCUT2D eigenvalue weighted by atomic mass is 19.1. The molecule has 2 aliphatic rings.